The number of carboxylic acids is 2. The van der Waals surface area contributed by atoms with Crippen molar-refractivity contribution in [3.8, 4) is 0 Å². The number of carboxylic acid groups (broad SMARTS) is 2. The summed E-state index contributed by atoms with van der Waals surface area (Å²) in [6.45, 7) is 6.00. The van der Waals surface area contributed by atoms with Gasteiger partial charge in [-0.15, -0.1) is 13.2 Å². The van der Waals surface area contributed by atoms with Gasteiger partial charge in [0.25, 0.3) is 0 Å². The van der Waals surface area contributed by atoms with Gasteiger partial charge in [0, 0.05) is 0 Å². The quantitative estimate of drug-likeness (QED) is 0.289. The van der Waals surface area contributed by atoms with Crippen molar-refractivity contribution in [3.63, 3.8) is 0 Å². The second-order valence-corrected chi connectivity index (χ2v) is 0.610. The molecule has 0 aromatic carbocycles. The molecule has 0 amide bonds. The first-order valence-electron chi connectivity index (χ1n) is 1.61. The summed E-state index contributed by atoms with van der Waals surface area (Å²) in [5.41, 5.74) is 0. The van der Waals surface area contributed by atoms with E-state index < -0.39 is 11.9 Å². The lowest BCUT2D eigenvalue weighted by Gasteiger charge is -1.72. The summed E-state index contributed by atoms with van der Waals surface area (Å²) in [6.07, 6.45) is 0. The molecule has 0 heterocycles. The van der Waals surface area contributed by atoms with Crippen LogP contribution >= 0.6 is 0 Å². The Bertz CT molecular complexity index is 91.4. The molecule has 0 fully saturated rings. The first kappa shape index (κ1) is 23.5. The first-order chi connectivity index (χ1) is 3.64. The molecule has 0 aliphatic heterocycles. The first-order valence-corrected chi connectivity index (χ1v) is 1.61. The summed E-state index contributed by atoms with van der Waals surface area (Å²) >= 11 is 0. The molecule has 62 valence electrons. The van der Waals surface area contributed by atoms with Crippen molar-refractivity contribution >= 4 is 11.9 Å². The van der Waals surface area contributed by atoms with Gasteiger partial charge < -0.3 is 22.5 Å². The van der Waals surface area contributed by atoms with Gasteiger partial charge >= 0.3 is 11.9 Å². The van der Waals surface area contributed by atoms with Crippen LogP contribution in [-0.2, 0) is 9.59 Å². The maximum absolute atomic E-state index is 9.10. The van der Waals surface area contributed by atoms with Crippen molar-refractivity contribution in [1.82, 2.24) is 12.3 Å². The maximum atomic E-state index is 9.10. The Balaban J connectivity index is -0.0000000412. The van der Waals surface area contributed by atoms with Gasteiger partial charge in [0.05, 0.1) is 0 Å². The van der Waals surface area contributed by atoms with E-state index in [-0.39, 0.29) is 12.3 Å². The highest BCUT2D eigenvalue weighted by Crippen LogP contribution is 1.56. The Morgan fingerprint density at radius 3 is 1.00 bits per heavy atom. The number of carbonyl (C=O) groups is 2. The molecule has 0 atom stereocenters. The standard InChI is InChI=1S/C2H2O4.C2H4.2H3N/c3-1(4)2(5)6;1-2;;/h(H,3,4)(H,5,6);1-2H2;2*1H3. The third kappa shape index (κ3) is 30.6. The van der Waals surface area contributed by atoms with E-state index in [0.29, 0.717) is 0 Å². The monoisotopic (exact) mass is 152 g/mol. The van der Waals surface area contributed by atoms with Crippen LogP contribution in [0.4, 0.5) is 0 Å². The zero-order chi connectivity index (χ0) is 7.15. The van der Waals surface area contributed by atoms with E-state index in [1.807, 2.05) is 0 Å². The van der Waals surface area contributed by atoms with E-state index in [4.69, 9.17) is 19.8 Å². The predicted molar refractivity (Wildman–Crippen MR) is 36.6 cm³/mol. The van der Waals surface area contributed by atoms with Crippen LogP contribution in [0.3, 0.4) is 0 Å². The molecule has 0 radical (unpaired) electrons. The Labute approximate surface area is 58.3 Å². The summed E-state index contributed by atoms with van der Waals surface area (Å²) in [5.74, 6) is -3.65. The minimum atomic E-state index is -1.82. The summed E-state index contributed by atoms with van der Waals surface area (Å²) in [4.78, 5) is 18.2. The molecule has 6 heteroatoms. The largest absolute Gasteiger partial charge is 0.473 e. The van der Waals surface area contributed by atoms with Crippen LogP contribution in [-0.4, -0.2) is 22.2 Å². The molecule has 0 aliphatic rings. The lowest BCUT2D eigenvalue weighted by molar-refractivity contribution is -0.159. The topological polar surface area (TPSA) is 145 Å². The Hall–Kier alpha value is -1.40. The van der Waals surface area contributed by atoms with E-state index in [0.717, 1.165) is 0 Å². The Morgan fingerprint density at radius 2 is 1.00 bits per heavy atom. The lowest BCUT2D eigenvalue weighted by atomic mass is 10.7. The van der Waals surface area contributed by atoms with Crippen molar-refractivity contribution < 1.29 is 19.8 Å². The third-order valence-corrected chi connectivity index (χ3v) is 0.183. The van der Waals surface area contributed by atoms with Crippen LogP contribution in [0.25, 0.3) is 0 Å². The zero-order valence-electron chi connectivity index (χ0n) is 5.54. The van der Waals surface area contributed by atoms with Gasteiger partial charge in [-0.05, 0) is 0 Å². The molecule has 0 saturated heterocycles. The van der Waals surface area contributed by atoms with E-state index >= 15 is 0 Å². The molecule has 0 bridgehead atoms. The number of hydrogen-bond acceptors (Lipinski definition) is 4. The minimum absolute atomic E-state index is 0. The molecular formula is C4H12N2O4. The van der Waals surface area contributed by atoms with Gasteiger partial charge in [0.2, 0.25) is 0 Å². The fourth-order valence-corrected chi connectivity index (χ4v) is 0. The van der Waals surface area contributed by atoms with Gasteiger partial charge in [0.15, 0.2) is 0 Å². The smallest absolute Gasteiger partial charge is 0.414 e. The van der Waals surface area contributed by atoms with Gasteiger partial charge in [-0.2, -0.15) is 0 Å². The average molecular weight is 152 g/mol. The fourth-order valence-electron chi connectivity index (χ4n) is 0. The molecule has 6 nitrogen and oxygen atoms in total. The second-order valence-electron chi connectivity index (χ2n) is 0.610. The second kappa shape index (κ2) is 15.6. The number of aliphatic carboxylic acids is 2. The predicted octanol–water partition coefficient (Wildman–Crippen LogP) is 0.282. The van der Waals surface area contributed by atoms with Crippen LogP contribution in [0.2, 0.25) is 0 Å². The van der Waals surface area contributed by atoms with Crippen molar-refractivity contribution in [2.75, 3.05) is 0 Å². The SMILES string of the molecule is C=C.N.N.O=C(O)C(=O)O. The van der Waals surface area contributed by atoms with Crippen molar-refractivity contribution in [2.45, 2.75) is 0 Å². The molecule has 0 spiro atoms. The van der Waals surface area contributed by atoms with Crippen molar-refractivity contribution in [1.29, 1.82) is 0 Å². The molecule has 0 aromatic rings. The van der Waals surface area contributed by atoms with Gasteiger partial charge in [-0.25, -0.2) is 9.59 Å². The summed E-state index contributed by atoms with van der Waals surface area (Å²) in [5, 5.41) is 14.8. The van der Waals surface area contributed by atoms with Gasteiger partial charge in [-0.1, -0.05) is 0 Å². The third-order valence-electron chi connectivity index (χ3n) is 0.183. The van der Waals surface area contributed by atoms with Gasteiger partial charge in [-0.3, -0.25) is 0 Å². The fraction of sp³-hybridized carbons (Fsp3) is 0. The van der Waals surface area contributed by atoms with E-state index in [9.17, 15) is 0 Å². The van der Waals surface area contributed by atoms with Crippen molar-refractivity contribution in [2.24, 2.45) is 0 Å². The highest BCUT2D eigenvalue weighted by molar-refractivity contribution is 6.27. The molecule has 0 aromatic heterocycles. The molecular weight excluding hydrogens is 140 g/mol. The Morgan fingerprint density at radius 1 is 0.900 bits per heavy atom. The van der Waals surface area contributed by atoms with Crippen LogP contribution in [0, 0.1) is 0 Å². The van der Waals surface area contributed by atoms with Crippen LogP contribution < -0.4 is 12.3 Å². The highest BCUT2D eigenvalue weighted by atomic mass is 16.4. The van der Waals surface area contributed by atoms with E-state index in [1.54, 1.807) is 0 Å². The highest BCUT2D eigenvalue weighted by Gasteiger charge is 2.04. The number of rotatable bonds is 0. The van der Waals surface area contributed by atoms with E-state index in [2.05, 4.69) is 13.2 Å². The number of hydrogen-bond donors (Lipinski definition) is 4. The van der Waals surface area contributed by atoms with Crippen LogP contribution in [0.15, 0.2) is 13.2 Å². The maximum Gasteiger partial charge on any atom is 0.414 e. The summed E-state index contributed by atoms with van der Waals surface area (Å²) < 4.78 is 0. The normalized spacial score (nSPS) is 4.80. The Kier molecular flexibility index (Phi) is 36.7. The minimum Gasteiger partial charge on any atom is -0.473 e. The van der Waals surface area contributed by atoms with Crippen LogP contribution in [0.5, 0.6) is 0 Å². The molecule has 0 rings (SSSR count). The zero-order valence-corrected chi connectivity index (χ0v) is 5.54. The molecule has 0 saturated carbocycles. The molecule has 10 heavy (non-hydrogen) atoms. The average Bonchev–Trinajstić information content (AvgIpc) is 1.72. The van der Waals surface area contributed by atoms with E-state index in [1.165, 1.54) is 0 Å². The van der Waals surface area contributed by atoms with Gasteiger partial charge in [0.1, 0.15) is 0 Å². The lowest BCUT2D eigenvalue weighted by Crippen LogP contribution is -2.09. The summed E-state index contributed by atoms with van der Waals surface area (Å²) in [6, 6.07) is 0. The summed E-state index contributed by atoms with van der Waals surface area (Å²) in [7, 11) is 0. The molecule has 0 unspecified atom stereocenters. The molecule has 8 N–H and O–H groups in total. The van der Waals surface area contributed by atoms with Crippen molar-refractivity contribution in [3.05, 3.63) is 13.2 Å². The molecule has 0 aliphatic carbocycles. The van der Waals surface area contributed by atoms with Crippen LogP contribution in [0.1, 0.15) is 0 Å².